The number of amides is 2. The second-order valence-corrected chi connectivity index (χ2v) is 6.72. The number of ether oxygens (including phenoxy) is 1. The second-order valence-electron chi connectivity index (χ2n) is 6.72. The van der Waals surface area contributed by atoms with Gasteiger partial charge >= 0.3 is 0 Å². The highest BCUT2D eigenvalue weighted by Crippen LogP contribution is 2.26. The molecule has 3 rings (SSSR count). The van der Waals surface area contributed by atoms with Crippen molar-refractivity contribution < 1.29 is 18.7 Å². The van der Waals surface area contributed by atoms with Gasteiger partial charge in [0.05, 0.1) is 12.8 Å². The van der Waals surface area contributed by atoms with Crippen molar-refractivity contribution >= 4 is 17.5 Å². The number of rotatable bonds is 4. The summed E-state index contributed by atoms with van der Waals surface area (Å²) in [6.07, 6.45) is 1.14. The molecular weight excluding hydrogens is 347 g/mol. The molecule has 142 valence electrons. The third-order valence-electron chi connectivity index (χ3n) is 4.95. The molecule has 0 aromatic heterocycles. The second kappa shape index (κ2) is 8.20. The molecule has 2 aromatic rings. The third-order valence-corrected chi connectivity index (χ3v) is 4.95. The molecule has 27 heavy (non-hydrogen) atoms. The van der Waals surface area contributed by atoms with Gasteiger partial charge in [-0.25, -0.2) is 4.39 Å². The smallest absolute Gasteiger partial charge is 0.254 e. The van der Waals surface area contributed by atoms with Gasteiger partial charge in [0.1, 0.15) is 11.6 Å². The fourth-order valence-corrected chi connectivity index (χ4v) is 3.32. The molecule has 1 saturated heterocycles. The van der Waals surface area contributed by atoms with E-state index in [1.165, 1.54) is 12.1 Å². The number of carbonyl (C=O) groups excluding carboxylic acids is 2. The number of aryl methyl sites for hydroxylation is 1. The summed E-state index contributed by atoms with van der Waals surface area (Å²) in [7, 11) is 1.56. The van der Waals surface area contributed by atoms with E-state index in [2.05, 4.69) is 5.32 Å². The molecule has 1 heterocycles. The summed E-state index contributed by atoms with van der Waals surface area (Å²) >= 11 is 0. The van der Waals surface area contributed by atoms with Crippen molar-refractivity contribution in [2.45, 2.75) is 19.8 Å². The van der Waals surface area contributed by atoms with Gasteiger partial charge in [-0.05, 0) is 49.6 Å². The molecule has 6 heteroatoms. The lowest BCUT2D eigenvalue weighted by molar-refractivity contribution is -0.121. The summed E-state index contributed by atoms with van der Waals surface area (Å²) in [5, 5.41) is 2.91. The summed E-state index contributed by atoms with van der Waals surface area (Å²) < 4.78 is 18.7. The highest BCUT2D eigenvalue weighted by Gasteiger charge is 2.28. The molecule has 2 amide bonds. The Morgan fingerprint density at radius 1 is 1.15 bits per heavy atom. The molecule has 1 aliphatic rings. The van der Waals surface area contributed by atoms with Gasteiger partial charge in [0.2, 0.25) is 5.91 Å². The number of anilines is 1. The topological polar surface area (TPSA) is 58.6 Å². The maximum atomic E-state index is 13.5. The Balaban J connectivity index is 1.60. The minimum absolute atomic E-state index is 0.0754. The predicted octanol–water partition coefficient (Wildman–Crippen LogP) is 3.63. The van der Waals surface area contributed by atoms with E-state index in [-0.39, 0.29) is 17.7 Å². The first-order valence-electron chi connectivity index (χ1n) is 8.99. The number of nitrogens with zero attached hydrogens (tertiary/aromatic N) is 1. The molecule has 0 spiro atoms. The first kappa shape index (κ1) is 18.9. The van der Waals surface area contributed by atoms with Crippen molar-refractivity contribution in [3.05, 3.63) is 59.4 Å². The molecule has 1 fully saturated rings. The van der Waals surface area contributed by atoms with Crippen molar-refractivity contribution in [1.82, 2.24) is 4.90 Å². The van der Waals surface area contributed by atoms with Gasteiger partial charge in [0.15, 0.2) is 0 Å². The third kappa shape index (κ3) is 4.27. The van der Waals surface area contributed by atoms with Gasteiger partial charge in [-0.3, -0.25) is 9.59 Å². The maximum absolute atomic E-state index is 13.5. The average Bonchev–Trinajstić information content (AvgIpc) is 2.69. The summed E-state index contributed by atoms with van der Waals surface area (Å²) in [6.45, 7) is 2.73. The lowest BCUT2D eigenvalue weighted by atomic mass is 9.95. The van der Waals surface area contributed by atoms with Crippen molar-refractivity contribution in [2.24, 2.45) is 5.92 Å². The first-order valence-corrected chi connectivity index (χ1v) is 8.99. The van der Waals surface area contributed by atoms with Crippen LogP contribution in [0.3, 0.4) is 0 Å². The van der Waals surface area contributed by atoms with Gasteiger partial charge in [-0.1, -0.05) is 18.2 Å². The van der Waals surface area contributed by atoms with E-state index in [0.717, 1.165) is 5.56 Å². The largest absolute Gasteiger partial charge is 0.495 e. The first-order chi connectivity index (χ1) is 13.0. The van der Waals surface area contributed by atoms with Crippen molar-refractivity contribution in [1.29, 1.82) is 0 Å². The minimum Gasteiger partial charge on any atom is -0.495 e. The number of halogens is 1. The molecule has 0 aliphatic carbocycles. The van der Waals surface area contributed by atoms with Gasteiger partial charge in [-0.15, -0.1) is 0 Å². The van der Waals surface area contributed by atoms with Crippen LogP contribution >= 0.6 is 0 Å². The highest BCUT2D eigenvalue weighted by atomic mass is 19.1. The molecule has 0 atom stereocenters. The van der Waals surface area contributed by atoms with Crippen molar-refractivity contribution in [3.63, 3.8) is 0 Å². The van der Waals surface area contributed by atoms with Crippen molar-refractivity contribution in [3.8, 4) is 5.75 Å². The van der Waals surface area contributed by atoms with Crippen LogP contribution < -0.4 is 10.1 Å². The zero-order valence-corrected chi connectivity index (χ0v) is 15.5. The van der Waals surface area contributed by atoms with E-state index in [0.29, 0.717) is 42.9 Å². The summed E-state index contributed by atoms with van der Waals surface area (Å²) in [5.41, 5.74) is 1.77. The Morgan fingerprint density at radius 3 is 2.56 bits per heavy atom. The monoisotopic (exact) mass is 370 g/mol. The van der Waals surface area contributed by atoms with E-state index < -0.39 is 5.82 Å². The molecule has 1 aliphatic heterocycles. The molecule has 1 N–H and O–H groups in total. The molecule has 0 unspecified atom stereocenters. The van der Waals surface area contributed by atoms with Crippen LogP contribution in [0.1, 0.15) is 28.8 Å². The summed E-state index contributed by atoms with van der Waals surface area (Å²) in [5.74, 6) is -0.244. The standard InChI is InChI=1S/C21H23FN2O3/c1-14-7-8-16(22)13-17(14)21(26)24-11-9-15(10-12-24)20(25)23-18-5-3-4-6-19(18)27-2/h3-8,13,15H,9-12H2,1-2H3,(H,23,25). The lowest BCUT2D eigenvalue weighted by Crippen LogP contribution is -2.41. The normalized spacial score (nSPS) is 14.7. The Labute approximate surface area is 158 Å². The van der Waals surface area contributed by atoms with Crippen LogP contribution in [0.15, 0.2) is 42.5 Å². The minimum atomic E-state index is -0.421. The van der Waals surface area contributed by atoms with Crippen LogP contribution in [0.4, 0.5) is 10.1 Å². The number of likely N-dealkylation sites (tertiary alicyclic amines) is 1. The van der Waals surface area contributed by atoms with Crippen LogP contribution in [0.2, 0.25) is 0 Å². The lowest BCUT2D eigenvalue weighted by Gasteiger charge is -2.31. The molecule has 0 bridgehead atoms. The fourth-order valence-electron chi connectivity index (χ4n) is 3.32. The van der Waals surface area contributed by atoms with Crippen LogP contribution in [0, 0.1) is 18.7 Å². The maximum Gasteiger partial charge on any atom is 0.254 e. The van der Waals surface area contributed by atoms with Crippen molar-refractivity contribution in [2.75, 3.05) is 25.5 Å². The Hall–Kier alpha value is -2.89. The Bertz CT molecular complexity index is 845. The number of carbonyl (C=O) groups is 2. The van der Waals surface area contributed by atoms with E-state index in [1.807, 2.05) is 12.1 Å². The number of para-hydroxylation sites is 2. The zero-order chi connectivity index (χ0) is 19.4. The van der Waals surface area contributed by atoms with Gasteiger partial charge in [0.25, 0.3) is 5.91 Å². The molecule has 0 saturated carbocycles. The van der Waals surface area contributed by atoms with Gasteiger partial charge < -0.3 is 15.0 Å². The van der Waals surface area contributed by atoms with E-state index in [9.17, 15) is 14.0 Å². The van der Waals surface area contributed by atoms with Crippen LogP contribution in [0.25, 0.3) is 0 Å². The van der Waals surface area contributed by atoms with E-state index >= 15 is 0 Å². The molecular formula is C21H23FN2O3. The summed E-state index contributed by atoms with van der Waals surface area (Å²) in [6, 6.07) is 11.5. The molecule has 5 nitrogen and oxygen atoms in total. The SMILES string of the molecule is COc1ccccc1NC(=O)C1CCN(C(=O)c2cc(F)ccc2C)CC1. The number of benzene rings is 2. The Morgan fingerprint density at radius 2 is 1.85 bits per heavy atom. The molecule has 2 aromatic carbocycles. The Kier molecular flexibility index (Phi) is 5.74. The number of hydrogen-bond acceptors (Lipinski definition) is 3. The number of nitrogens with one attached hydrogen (secondary N) is 1. The quantitative estimate of drug-likeness (QED) is 0.894. The summed E-state index contributed by atoms with van der Waals surface area (Å²) in [4.78, 5) is 26.9. The van der Waals surface area contributed by atoms with E-state index in [1.54, 1.807) is 37.1 Å². The average molecular weight is 370 g/mol. The number of piperidine rings is 1. The van der Waals surface area contributed by atoms with Crippen LogP contribution in [-0.4, -0.2) is 36.9 Å². The van der Waals surface area contributed by atoms with Gasteiger partial charge in [-0.2, -0.15) is 0 Å². The number of hydrogen-bond donors (Lipinski definition) is 1. The fraction of sp³-hybridized carbons (Fsp3) is 0.333. The van der Waals surface area contributed by atoms with Gasteiger partial charge in [0, 0.05) is 24.6 Å². The van der Waals surface area contributed by atoms with E-state index in [4.69, 9.17) is 4.74 Å². The number of methoxy groups -OCH3 is 1. The highest BCUT2D eigenvalue weighted by molar-refractivity contribution is 5.96. The predicted molar refractivity (Wildman–Crippen MR) is 101 cm³/mol. The zero-order valence-electron chi connectivity index (χ0n) is 15.5. The van der Waals surface area contributed by atoms with Crippen LogP contribution in [-0.2, 0) is 4.79 Å². The molecule has 0 radical (unpaired) electrons. The van der Waals surface area contributed by atoms with Crippen LogP contribution in [0.5, 0.6) is 5.75 Å².